The number of hydrogen-bond donors (Lipinski definition) is 1. The lowest BCUT2D eigenvalue weighted by molar-refractivity contribution is -0.00659. The summed E-state index contributed by atoms with van der Waals surface area (Å²) < 4.78 is 46.9. The lowest BCUT2D eigenvalue weighted by Crippen LogP contribution is -2.56. The third kappa shape index (κ3) is 4.89. The molecule has 9 heteroatoms. The molecule has 0 aliphatic carbocycles. The lowest BCUT2D eigenvalue weighted by atomic mass is 10.1. The van der Waals surface area contributed by atoms with Crippen LogP contribution in [0.25, 0.3) is 0 Å². The molecule has 0 spiro atoms. The van der Waals surface area contributed by atoms with Crippen LogP contribution in [0.2, 0.25) is 0 Å². The van der Waals surface area contributed by atoms with Crippen LogP contribution in [0.1, 0.15) is 26.3 Å². The highest BCUT2D eigenvalue weighted by molar-refractivity contribution is 9.10. The maximum Gasteiger partial charge on any atom is 0.410 e. The average molecular weight is 439 g/mol. The van der Waals surface area contributed by atoms with Gasteiger partial charge in [-0.25, -0.2) is 18.0 Å². The molecular formula is C17H22BrF3N2O3. The number of piperazine rings is 1. The number of benzene rings is 1. The van der Waals surface area contributed by atoms with Gasteiger partial charge in [0.05, 0.1) is 17.1 Å². The number of hydrogen-bond acceptors (Lipinski definition) is 4. The molecule has 1 aromatic carbocycles. The number of rotatable bonds is 3. The molecular weight excluding hydrogens is 417 g/mol. The van der Waals surface area contributed by atoms with E-state index in [1.54, 1.807) is 25.7 Å². The van der Waals surface area contributed by atoms with Crippen molar-refractivity contribution in [3.05, 3.63) is 33.6 Å². The molecule has 1 aliphatic heterocycles. The van der Waals surface area contributed by atoms with Gasteiger partial charge in [-0.15, -0.1) is 0 Å². The highest BCUT2D eigenvalue weighted by atomic mass is 79.9. The molecule has 0 radical (unpaired) electrons. The van der Waals surface area contributed by atoms with Crippen LogP contribution in [0.5, 0.6) is 0 Å². The smallest absolute Gasteiger partial charge is 0.410 e. The molecule has 1 fully saturated rings. The zero-order chi connectivity index (χ0) is 19.6. The predicted molar refractivity (Wildman–Crippen MR) is 93.1 cm³/mol. The molecule has 26 heavy (non-hydrogen) atoms. The molecule has 1 aliphatic rings. The molecule has 0 unspecified atom stereocenters. The summed E-state index contributed by atoms with van der Waals surface area (Å²) in [6.45, 7) is 5.40. The van der Waals surface area contributed by atoms with Crippen molar-refractivity contribution in [2.24, 2.45) is 0 Å². The zero-order valence-electron chi connectivity index (χ0n) is 14.9. The Morgan fingerprint density at radius 2 is 1.96 bits per heavy atom. The summed E-state index contributed by atoms with van der Waals surface area (Å²) in [5.74, 6) is -3.29. The van der Waals surface area contributed by atoms with Gasteiger partial charge in [0.2, 0.25) is 0 Å². The molecule has 1 amide bonds. The summed E-state index contributed by atoms with van der Waals surface area (Å²) in [6.07, 6.45) is -0.511. The first-order valence-electron chi connectivity index (χ1n) is 8.18. The standard InChI is InChI=1S/C17H22BrF3N2O3/c1-17(2,3)26-16(25)23-5-4-22(10(7-23)9-24)8-11-13(19)6-12(18)15(21)14(11)20/h6,10,24H,4-5,7-9H2,1-3H3/t10-/m1/s1. The Kier molecular flexibility index (Phi) is 6.57. The van der Waals surface area contributed by atoms with Crippen LogP contribution in [0.15, 0.2) is 10.5 Å². The van der Waals surface area contributed by atoms with Gasteiger partial charge < -0.3 is 14.7 Å². The van der Waals surface area contributed by atoms with Crippen molar-refractivity contribution in [2.45, 2.75) is 39.0 Å². The fraction of sp³-hybridized carbons (Fsp3) is 0.588. The van der Waals surface area contributed by atoms with Crippen molar-refractivity contribution in [2.75, 3.05) is 26.2 Å². The van der Waals surface area contributed by atoms with Gasteiger partial charge in [0.15, 0.2) is 11.6 Å². The van der Waals surface area contributed by atoms with Gasteiger partial charge >= 0.3 is 6.09 Å². The first kappa shape index (κ1) is 21.0. The maximum absolute atomic E-state index is 14.1. The van der Waals surface area contributed by atoms with Gasteiger partial charge in [0.25, 0.3) is 0 Å². The summed E-state index contributed by atoms with van der Waals surface area (Å²) >= 11 is 2.76. The Bertz CT molecular complexity index is 682. The predicted octanol–water partition coefficient (Wildman–Crippen LogP) is 3.28. The second kappa shape index (κ2) is 8.14. The van der Waals surface area contributed by atoms with E-state index in [9.17, 15) is 23.1 Å². The Hall–Kier alpha value is -1.32. The average Bonchev–Trinajstić information content (AvgIpc) is 2.55. The minimum atomic E-state index is -1.26. The van der Waals surface area contributed by atoms with Gasteiger partial charge in [0, 0.05) is 31.7 Å². The third-order valence-electron chi connectivity index (χ3n) is 4.04. The highest BCUT2D eigenvalue weighted by Crippen LogP contribution is 2.26. The van der Waals surface area contributed by atoms with Crippen LogP contribution < -0.4 is 0 Å². The number of carbonyl (C=O) groups is 1. The Morgan fingerprint density at radius 1 is 1.31 bits per heavy atom. The number of aliphatic hydroxyl groups is 1. The summed E-state index contributed by atoms with van der Waals surface area (Å²) in [5, 5.41) is 9.62. The van der Waals surface area contributed by atoms with Crippen LogP contribution in [0.3, 0.4) is 0 Å². The zero-order valence-corrected chi connectivity index (χ0v) is 16.4. The van der Waals surface area contributed by atoms with Crippen molar-refractivity contribution < 1.29 is 27.8 Å². The van der Waals surface area contributed by atoms with E-state index < -0.39 is 40.8 Å². The van der Waals surface area contributed by atoms with Gasteiger partial charge in [-0.05, 0) is 42.8 Å². The van der Waals surface area contributed by atoms with E-state index in [4.69, 9.17) is 4.74 Å². The molecule has 0 aromatic heterocycles. The summed E-state index contributed by atoms with van der Waals surface area (Å²) in [6, 6.07) is 0.334. The fourth-order valence-electron chi connectivity index (χ4n) is 2.72. The van der Waals surface area contributed by atoms with Crippen molar-refractivity contribution in [3.63, 3.8) is 0 Å². The quantitative estimate of drug-likeness (QED) is 0.581. The summed E-state index contributed by atoms with van der Waals surface area (Å²) in [4.78, 5) is 15.2. The molecule has 1 atom stereocenters. The van der Waals surface area contributed by atoms with Crippen molar-refractivity contribution in [3.8, 4) is 0 Å². The normalized spacial score (nSPS) is 18.9. The Labute approximate surface area is 158 Å². The van der Waals surface area contributed by atoms with Crippen molar-refractivity contribution in [1.82, 2.24) is 9.80 Å². The number of amides is 1. The molecule has 146 valence electrons. The first-order chi connectivity index (χ1) is 12.0. The largest absolute Gasteiger partial charge is 0.444 e. The first-order valence-corrected chi connectivity index (χ1v) is 8.97. The topological polar surface area (TPSA) is 53.0 Å². The number of nitrogens with zero attached hydrogens (tertiary/aromatic N) is 2. The Balaban J connectivity index is 2.12. The molecule has 2 rings (SSSR count). The van der Waals surface area contributed by atoms with Crippen molar-refractivity contribution in [1.29, 1.82) is 0 Å². The van der Waals surface area contributed by atoms with E-state index in [1.165, 1.54) is 4.90 Å². The number of aliphatic hydroxyl groups excluding tert-OH is 1. The van der Waals surface area contributed by atoms with Crippen LogP contribution in [-0.4, -0.2) is 58.9 Å². The monoisotopic (exact) mass is 438 g/mol. The van der Waals surface area contributed by atoms with E-state index in [0.29, 0.717) is 0 Å². The molecule has 1 aromatic rings. The van der Waals surface area contributed by atoms with Gasteiger partial charge in [0.1, 0.15) is 11.4 Å². The highest BCUT2D eigenvalue weighted by Gasteiger charge is 2.33. The van der Waals surface area contributed by atoms with Gasteiger partial charge in [-0.1, -0.05) is 0 Å². The van der Waals surface area contributed by atoms with Gasteiger partial charge in [-0.3, -0.25) is 4.90 Å². The second-order valence-electron chi connectivity index (χ2n) is 7.18. The van der Waals surface area contributed by atoms with E-state index in [2.05, 4.69) is 15.9 Å². The van der Waals surface area contributed by atoms with Gasteiger partial charge in [-0.2, -0.15) is 0 Å². The number of ether oxygens (including phenoxy) is 1. The SMILES string of the molecule is CC(C)(C)OC(=O)N1CCN(Cc2c(F)cc(Br)c(F)c2F)[C@@H](CO)C1. The number of halogens is 4. The van der Waals surface area contributed by atoms with Crippen molar-refractivity contribution >= 4 is 22.0 Å². The molecule has 1 saturated heterocycles. The molecule has 0 saturated carbocycles. The summed E-state index contributed by atoms with van der Waals surface area (Å²) in [5.41, 5.74) is -1.06. The van der Waals surface area contributed by atoms with Crippen LogP contribution in [0.4, 0.5) is 18.0 Å². The lowest BCUT2D eigenvalue weighted by Gasteiger charge is -2.41. The van der Waals surface area contributed by atoms with E-state index >= 15 is 0 Å². The Morgan fingerprint density at radius 3 is 2.54 bits per heavy atom. The van der Waals surface area contributed by atoms with Crippen LogP contribution >= 0.6 is 15.9 Å². The van der Waals surface area contributed by atoms with E-state index in [-0.39, 0.29) is 37.3 Å². The third-order valence-corrected chi connectivity index (χ3v) is 4.61. The minimum absolute atomic E-state index is 0.146. The van der Waals surface area contributed by atoms with E-state index in [1.807, 2.05) is 0 Å². The fourth-order valence-corrected chi connectivity index (χ4v) is 3.09. The summed E-state index contributed by atoms with van der Waals surface area (Å²) in [7, 11) is 0. The molecule has 0 bridgehead atoms. The van der Waals surface area contributed by atoms with Crippen LogP contribution in [0, 0.1) is 17.5 Å². The van der Waals surface area contributed by atoms with Crippen LogP contribution in [-0.2, 0) is 11.3 Å². The number of carbonyl (C=O) groups excluding carboxylic acids is 1. The van der Waals surface area contributed by atoms with E-state index in [0.717, 1.165) is 6.07 Å². The molecule has 1 N–H and O–H groups in total. The maximum atomic E-state index is 14.1. The molecule has 5 nitrogen and oxygen atoms in total. The second-order valence-corrected chi connectivity index (χ2v) is 8.03. The minimum Gasteiger partial charge on any atom is -0.444 e. The molecule has 1 heterocycles.